The molecule has 0 aliphatic heterocycles. The van der Waals surface area contributed by atoms with Crippen molar-refractivity contribution in [2.45, 2.75) is 19.4 Å². The summed E-state index contributed by atoms with van der Waals surface area (Å²) in [6.07, 6.45) is 1.66. The fourth-order valence-electron chi connectivity index (χ4n) is 2.76. The summed E-state index contributed by atoms with van der Waals surface area (Å²) in [5, 5.41) is 3.00. The van der Waals surface area contributed by atoms with Crippen LogP contribution in [0.5, 0.6) is 0 Å². The van der Waals surface area contributed by atoms with E-state index in [-0.39, 0.29) is 11.8 Å². The first kappa shape index (κ1) is 12.9. The minimum Gasteiger partial charge on any atom is -0.326 e. The molecule has 1 aliphatic rings. The van der Waals surface area contributed by atoms with Crippen LogP contribution < -0.4 is 11.1 Å². The number of carbonyl (C=O) groups excluding carboxylic acids is 1. The molecule has 0 heterocycles. The lowest BCUT2D eigenvalue weighted by molar-refractivity contribution is -0.119. The normalized spacial score (nSPS) is 14.1. The Balaban J connectivity index is 1.69. The number of nitrogens with two attached hydrogens (primary N) is 1. The third-order valence-corrected chi connectivity index (χ3v) is 3.85. The van der Waals surface area contributed by atoms with E-state index in [1.807, 2.05) is 36.4 Å². The smallest absolute Gasteiger partial charge is 0.228 e. The van der Waals surface area contributed by atoms with Gasteiger partial charge < -0.3 is 11.1 Å². The summed E-state index contributed by atoms with van der Waals surface area (Å²) in [4.78, 5) is 12.3. The standard InChI is InChI=1S/C17H18N2O/c18-11-12-4-3-7-16(8-12)19-17(20)15-9-13-5-1-2-6-14(13)10-15/h1-8,15H,9-11,18H2,(H,19,20). The van der Waals surface area contributed by atoms with Gasteiger partial charge in [-0.05, 0) is 41.7 Å². The van der Waals surface area contributed by atoms with Crippen molar-refractivity contribution < 1.29 is 4.79 Å². The van der Waals surface area contributed by atoms with Gasteiger partial charge in [0.05, 0.1) is 0 Å². The van der Waals surface area contributed by atoms with Crippen molar-refractivity contribution in [2.75, 3.05) is 5.32 Å². The highest BCUT2D eigenvalue weighted by molar-refractivity contribution is 5.93. The molecule has 3 nitrogen and oxygen atoms in total. The van der Waals surface area contributed by atoms with Gasteiger partial charge in [-0.2, -0.15) is 0 Å². The zero-order valence-electron chi connectivity index (χ0n) is 11.3. The second kappa shape index (κ2) is 5.47. The number of nitrogens with one attached hydrogen (secondary N) is 1. The lowest BCUT2D eigenvalue weighted by Gasteiger charge is -2.11. The van der Waals surface area contributed by atoms with E-state index in [1.54, 1.807) is 0 Å². The lowest BCUT2D eigenvalue weighted by atomic mass is 10.1. The molecule has 0 radical (unpaired) electrons. The molecule has 102 valence electrons. The van der Waals surface area contributed by atoms with Crippen LogP contribution in [0.4, 0.5) is 5.69 Å². The second-order valence-corrected chi connectivity index (χ2v) is 5.27. The van der Waals surface area contributed by atoms with Gasteiger partial charge in [0.1, 0.15) is 0 Å². The van der Waals surface area contributed by atoms with Crippen molar-refractivity contribution in [3.63, 3.8) is 0 Å². The van der Waals surface area contributed by atoms with Crippen molar-refractivity contribution in [3.8, 4) is 0 Å². The molecule has 0 bridgehead atoms. The van der Waals surface area contributed by atoms with E-state index in [0.717, 1.165) is 24.1 Å². The summed E-state index contributed by atoms with van der Waals surface area (Å²) in [6, 6.07) is 16.0. The van der Waals surface area contributed by atoms with Gasteiger partial charge in [0.15, 0.2) is 0 Å². The average molecular weight is 266 g/mol. The van der Waals surface area contributed by atoms with Crippen LogP contribution >= 0.6 is 0 Å². The predicted molar refractivity (Wildman–Crippen MR) is 80.3 cm³/mol. The first-order valence-electron chi connectivity index (χ1n) is 6.93. The number of hydrogen-bond donors (Lipinski definition) is 2. The molecule has 3 heteroatoms. The highest BCUT2D eigenvalue weighted by Gasteiger charge is 2.26. The Kier molecular flexibility index (Phi) is 3.52. The quantitative estimate of drug-likeness (QED) is 0.896. The Labute approximate surface area is 118 Å². The van der Waals surface area contributed by atoms with Crippen LogP contribution in [0.15, 0.2) is 48.5 Å². The molecular formula is C17H18N2O. The Morgan fingerprint density at radius 2 is 1.80 bits per heavy atom. The number of anilines is 1. The fraction of sp³-hybridized carbons (Fsp3) is 0.235. The van der Waals surface area contributed by atoms with Crippen LogP contribution in [0.1, 0.15) is 16.7 Å². The summed E-state index contributed by atoms with van der Waals surface area (Å²) in [5.74, 6) is 0.129. The van der Waals surface area contributed by atoms with Gasteiger partial charge in [0.25, 0.3) is 0 Å². The highest BCUT2D eigenvalue weighted by Crippen LogP contribution is 2.27. The van der Waals surface area contributed by atoms with Crippen LogP contribution in [0, 0.1) is 5.92 Å². The van der Waals surface area contributed by atoms with E-state index < -0.39 is 0 Å². The molecular weight excluding hydrogens is 248 g/mol. The van der Waals surface area contributed by atoms with Crippen LogP contribution in [0.3, 0.4) is 0 Å². The average Bonchev–Trinajstić information content (AvgIpc) is 2.91. The van der Waals surface area contributed by atoms with Crippen LogP contribution in [-0.4, -0.2) is 5.91 Å². The lowest BCUT2D eigenvalue weighted by Crippen LogP contribution is -2.23. The van der Waals surface area contributed by atoms with Crippen molar-refractivity contribution >= 4 is 11.6 Å². The highest BCUT2D eigenvalue weighted by atomic mass is 16.1. The van der Waals surface area contributed by atoms with Crippen molar-refractivity contribution in [1.82, 2.24) is 0 Å². The Morgan fingerprint density at radius 3 is 2.45 bits per heavy atom. The first-order chi connectivity index (χ1) is 9.76. The zero-order valence-corrected chi connectivity index (χ0v) is 11.3. The third kappa shape index (κ3) is 2.58. The van der Waals surface area contributed by atoms with Gasteiger partial charge >= 0.3 is 0 Å². The second-order valence-electron chi connectivity index (χ2n) is 5.27. The molecule has 2 aromatic rings. The van der Waals surface area contributed by atoms with Crippen molar-refractivity contribution in [1.29, 1.82) is 0 Å². The molecule has 3 N–H and O–H groups in total. The number of hydrogen-bond acceptors (Lipinski definition) is 2. The van der Waals surface area contributed by atoms with E-state index in [2.05, 4.69) is 17.4 Å². The summed E-state index contributed by atoms with van der Waals surface area (Å²) in [7, 11) is 0. The number of fused-ring (bicyclic) bond motifs is 1. The van der Waals surface area contributed by atoms with Crippen LogP contribution in [0.2, 0.25) is 0 Å². The largest absolute Gasteiger partial charge is 0.326 e. The molecule has 0 saturated carbocycles. The maximum atomic E-state index is 12.3. The molecule has 2 aromatic carbocycles. The Bertz CT molecular complexity index is 611. The van der Waals surface area contributed by atoms with Gasteiger partial charge in [0, 0.05) is 18.2 Å². The SMILES string of the molecule is NCc1cccc(NC(=O)C2Cc3ccccc3C2)c1. The van der Waals surface area contributed by atoms with Gasteiger partial charge in [-0.3, -0.25) is 4.79 Å². The van der Waals surface area contributed by atoms with E-state index >= 15 is 0 Å². The molecule has 0 spiro atoms. The molecule has 0 atom stereocenters. The molecule has 0 unspecified atom stereocenters. The maximum Gasteiger partial charge on any atom is 0.228 e. The van der Waals surface area contributed by atoms with E-state index in [4.69, 9.17) is 5.73 Å². The maximum absolute atomic E-state index is 12.3. The summed E-state index contributed by atoms with van der Waals surface area (Å²) in [5.41, 5.74) is 10.1. The van der Waals surface area contributed by atoms with Crippen molar-refractivity contribution in [2.24, 2.45) is 11.7 Å². The number of carbonyl (C=O) groups is 1. The molecule has 20 heavy (non-hydrogen) atoms. The molecule has 0 fully saturated rings. The third-order valence-electron chi connectivity index (χ3n) is 3.85. The van der Waals surface area contributed by atoms with Crippen LogP contribution in [0.25, 0.3) is 0 Å². The summed E-state index contributed by atoms with van der Waals surface area (Å²) in [6.45, 7) is 0.485. The number of rotatable bonds is 3. The van der Waals surface area contributed by atoms with Gasteiger partial charge in [0.2, 0.25) is 5.91 Å². The van der Waals surface area contributed by atoms with Gasteiger partial charge in [-0.1, -0.05) is 36.4 Å². The topological polar surface area (TPSA) is 55.1 Å². The predicted octanol–water partition coefficient (Wildman–Crippen LogP) is 2.50. The first-order valence-corrected chi connectivity index (χ1v) is 6.93. The molecule has 1 amide bonds. The molecule has 0 saturated heterocycles. The van der Waals surface area contributed by atoms with Gasteiger partial charge in [-0.15, -0.1) is 0 Å². The minimum atomic E-state index is 0.0360. The molecule has 1 aliphatic carbocycles. The number of amides is 1. The molecule has 0 aromatic heterocycles. The zero-order chi connectivity index (χ0) is 13.9. The van der Waals surface area contributed by atoms with Gasteiger partial charge in [-0.25, -0.2) is 0 Å². The fourth-order valence-corrected chi connectivity index (χ4v) is 2.76. The van der Waals surface area contributed by atoms with E-state index in [0.29, 0.717) is 6.54 Å². The minimum absolute atomic E-state index is 0.0360. The van der Waals surface area contributed by atoms with E-state index in [9.17, 15) is 4.79 Å². The monoisotopic (exact) mass is 266 g/mol. The number of benzene rings is 2. The summed E-state index contributed by atoms with van der Waals surface area (Å²) >= 11 is 0. The van der Waals surface area contributed by atoms with E-state index in [1.165, 1.54) is 11.1 Å². The van der Waals surface area contributed by atoms with Crippen molar-refractivity contribution in [3.05, 3.63) is 65.2 Å². The molecule has 3 rings (SSSR count). The Morgan fingerprint density at radius 1 is 1.10 bits per heavy atom. The Hall–Kier alpha value is -2.13. The van der Waals surface area contributed by atoms with Crippen LogP contribution in [-0.2, 0) is 24.2 Å². The summed E-state index contributed by atoms with van der Waals surface area (Å²) < 4.78 is 0.